The normalized spacial score (nSPS) is 11.6. The number of benzene rings is 8. The number of nitrogens with zero attached hydrogens (tertiary/aromatic N) is 3. The van der Waals surface area contributed by atoms with E-state index in [9.17, 15) is 0 Å². The summed E-state index contributed by atoms with van der Waals surface area (Å²) in [6.45, 7) is 0. The van der Waals surface area contributed by atoms with Crippen LogP contribution in [0.15, 0.2) is 192 Å². The predicted molar refractivity (Wildman–Crippen MR) is 233 cm³/mol. The summed E-state index contributed by atoms with van der Waals surface area (Å²) in [5.74, 6) is 1.89. The molecule has 0 fully saturated rings. The highest BCUT2D eigenvalue weighted by Crippen LogP contribution is 2.46. The molecule has 4 nitrogen and oxygen atoms in total. The third-order valence-electron chi connectivity index (χ3n) is 10.5. The van der Waals surface area contributed by atoms with Crippen LogP contribution in [0, 0.1) is 0 Å². The van der Waals surface area contributed by atoms with Gasteiger partial charge < -0.3 is 4.42 Å². The fourth-order valence-corrected chi connectivity index (χ4v) is 9.09. The molecule has 0 N–H and O–H groups in total. The van der Waals surface area contributed by atoms with Crippen molar-refractivity contribution >= 4 is 53.4 Å². The van der Waals surface area contributed by atoms with Crippen LogP contribution in [-0.4, -0.2) is 15.0 Å². The lowest BCUT2D eigenvalue weighted by Crippen LogP contribution is -2.00. The quantitative estimate of drug-likeness (QED) is 0.171. The molecule has 0 saturated heterocycles. The number of para-hydroxylation sites is 1. The zero-order valence-corrected chi connectivity index (χ0v) is 30.9. The first-order valence-electron chi connectivity index (χ1n) is 18.7. The van der Waals surface area contributed by atoms with Crippen LogP contribution in [0.5, 0.6) is 0 Å². The molecule has 0 bridgehead atoms. The molecule has 0 unspecified atom stereocenters. The van der Waals surface area contributed by atoms with Gasteiger partial charge in [-0.05, 0) is 58.7 Å². The van der Waals surface area contributed by atoms with Crippen molar-refractivity contribution in [2.45, 2.75) is 0 Å². The Morgan fingerprint density at radius 3 is 1.62 bits per heavy atom. The van der Waals surface area contributed by atoms with Crippen LogP contribution < -0.4 is 0 Å². The molecule has 8 aromatic carbocycles. The van der Waals surface area contributed by atoms with Crippen LogP contribution in [0.4, 0.5) is 0 Å². The molecule has 3 heterocycles. The van der Waals surface area contributed by atoms with Crippen molar-refractivity contribution in [2.75, 3.05) is 0 Å². The second kappa shape index (κ2) is 13.3. The summed E-state index contributed by atoms with van der Waals surface area (Å²) in [4.78, 5) is 15.0. The van der Waals surface area contributed by atoms with E-state index in [-0.39, 0.29) is 0 Å². The molecule has 0 radical (unpaired) electrons. The fraction of sp³-hybridized carbons (Fsp3) is 0. The minimum absolute atomic E-state index is 0.620. The largest absolute Gasteiger partial charge is 0.455 e. The van der Waals surface area contributed by atoms with Gasteiger partial charge in [0.2, 0.25) is 0 Å². The lowest BCUT2D eigenvalue weighted by Gasteiger charge is -2.12. The van der Waals surface area contributed by atoms with Gasteiger partial charge in [-0.2, -0.15) is 0 Å². The minimum Gasteiger partial charge on any atom is -0.455 e. The van der Waals surface area contributed by atoms with Crippen molar-refractivity contribution in [1.82, 2.24) is 15.0 Å². The zero-order valence-electron chi connectivity index (χ0n) is 30.1. The van der Waals surface area contributed by atoms with Crippen LogP contribution >= 0.6 is 11.3 Å². The van der Waals surface area contributed by atoms with Gasteiger partial charge in [-0.3, -0.25) is 0 Å². The van der Waals surface area contributed by atoms with Crippen molar-refractivity contribution < 1.29 is 4.42 Å². The lowest BCUT2D eigenvalue weighted by atomic mass is 9.91. The number of hydrogen-bond acceptors (Lipinski definition) is 5. The third kappa shape index (κ3) is 5.48. The van der Waals surface area contributed by atoms with Gasteiger partial charge in [0.1, 0.15) is 11.2 Å². The zero-order chi connectivity index (χ0) is 37.0. The van der Waals surface area contributed by atoms with Crippen molar-refractivity contribution in [2.24, 2.45) is 0 Å². The van der Waals surface area contributed by atoms with Crippen molar-refractivity contribution in [3.8, 4) is 67.5 Å². The van der Waals surface area contributed by atoms with E-state index in [1.54, 1.807) is 0 Å². The molecule has 3 aromatic heterocycles. The Kier molecular flexibility index (Phi) is 7.64. The molecule has 0 aliphatic rings. The second-order valence-corrected chi connectivity index (χ2v) is 15.0. The molecule has 0 amide bonds. The fourth-order valence-electron chi connectivity index (χ4n) is 7.87. The summed E-state index contributed by atoms with van der Waals surface area (Å²) in [6.07, 6.45) is 0. The number of furan rings is 1. The molecule has 56 heavy (non-hydrogen) atoms. The first kappa shape index (κ1) is 32.2. The van der Waals surface area contributed by atoms with Gasteiger partial charge in [0, 0.05) is 58.8 Å². The Labute approximate surface area is 327 Å². The summed E-state index contributed by atoms with van der Waals surface area (Å²) in [6, 6.07) is 65.6. The van der Waals surface area contributed by atoms with Gasteiger partial charge in [-0.1, -0.05) is 152 Å². The van der Waals surface area contributed by atoms with E-state index in [1.807, 2.05) is 78.1 Å². The molecule has 0 aliphatic carbocycles. The molecule has 0 saturated carbocycles. The molecule has 11 aromatic rings. The summed E-state index contributed by atoms with van der Waals surface area (Å²) in [5, 5.41) is 4.68. The summed E-state index contributed by atoms with van der Waals surface area (Å²) < 4.78 is 9.42. The van der Waals surface area contributed by atoms with Crippen LogP contribution in [0.25, 0.3) is 110 Å². The Hall–Kier alpha value is -7.21. The average molecular weight is 734 g/mol. The summed E-state index contributed by atoms with van der Waals surface area (Å²) >= 11 is 1.86. The molecule has 11 rings (SSSR count). The maximum Gasteiger partial charge on any atom is 0.164 e. The van der Waals surface area contributed by atoms with E-state index < -0.39 is 0 Å². The monoisotopic (exact) mass is 733 g/mol. The van der Waals surface area contributed by atoms with Crippen molar-refractivity contribution in [3.05, 3.63) is 188 Å². The molecular weight excluding hydrogens is 703 g/mol. The van der Waals surface area contributed by atoms with Crippen LogP contribution in [0.3, 0.4) is 0 Å². The maximum atomic E-state index is 6.84. The van der Waals surface area contributed by atoms with Gasteiger partial charge in [-0.25, -0.2) is 15.0 Å². The number of rotatable bonds is 6. The third-order valence-corrected chi connectivity index (χ3v) is 11.8. The first-order chi connectivity index (χ1) is 27.7. The summed E-state index contributed by atoms with van der Waals surface area (Å²) in [7, 11) is 0. The summed E-state index contributed by atoms with van der Waals surface area (Å²) in [5.41, 5.74) is 11.3. The highest BCUT2D eigenvalue weighted by Gasteiger charge is 2.21. The molecule has 262 valence electrons. The molecule has 5 heteroatoms. The molecule has 0 aliphatic heterocycles. The van der Waals surface area contributed by atoms with Crippen LogP contribution in [-0.2, 0) is 0 Å². The Morgan fingerprint density at radius 1 is 0.357 bits per heavy atom. The Morgan fingerprint density at radius 2 is 0.911 bits per heavy atom. The van der Waals surface area contributed by atoms with Gasteiger partial charge in [-0.15, -0.1) is 11.3 Å². The van der Waals surface area contributed by atoms with E-state index in [2.05, 4.69) is 121 Å². The van der Waals surface area contributed by atoms with Crippen molar-refractivity contribution in [1.29, 1.82) is 0 Å². The molecular formula is C51H31N3OS. The maximum absolute atomic E-state index is 6.84. The van der Waals surface area contributed by atoms with E-state index in [0.29, 0.717) is 17.5 Å². The van der Waals surface area contributed by atoms with Gasteiger partial charge >= 0.3 is 0 Å². The number of fused-ring (bicyclic) bond motifs is 6. The standard InChI is InChI=1S/C51H31N3OS/c1-4-15-32(16-5-1)42-30-37(31-43-40-23-11-13-26-45(40)56-48(42)43)39-28-27-38(46-41-24-10-12-25-44(41)55-47(39)46)35-21-14-22-36(29-35)51-53-49(33-17-6-2-7-18-33)52-50(54-51)34-19-8-3-9-20-34/h1-31H. The topological polar surface area (TPSA) is 51.8 Å². The Balaban J connectivity index is 1.11. The van der Waals surface area contributed by atoms with Crippen LogP contribution in [0.1, 0.15) is 0 Å². The van der Waals surface area contributed by atoms with Crippen LogP contribution in [0.2, 0.25) is 0 Å². The second-order valence-electron chi connectivity index (χ2n) is 13.9. The highest BCUT2D eigenvalue weighted by molar-refractivity contribution is 7.26. The molecule has 0 atom stereocenters. The van der Waals surface area contributed by atoms with Gasteiger partial charge in [0.25, 0.3) is 0 Å². The number of hydrogen-bond donors (Lipinski definition) is 0. The SMILES string of the molecule is c1ccc(-c2nc(-c3ccccc3)nc(-c3cccc(-c4ccc(-c5cc(-c6ccccc6)c6sc7ccccc7c6c5)c5oc6ccccc6c45)c3)n2)cc1. The lowest BCUT2D eigenvalue weighted by molar-refractivity contribution is 0.670. The van der Waals surface area contributed by atoms with E-state index in [0.717, 1.165) is 60.9 Å². The predicted octanol–water partition coefficient (Wildman–Crippen LogP) is 14.1. The smallest absolute Gasteiger partial charge is 0.164 e. The van der Waals surface area contributed by atoms with E-state index in [4.69, 9.17) is 19.4 Å². The van der Waals surface area contributed by atoms with Crippen molar-refractivity contribution in [3.63, 3.8) is 0 Å². The number of thiophene rings is 1. The molecule has 0 spiro atoms. The Bertz CT molecular complexity index is 3180. The van der Waals surface area contributed by atoms with E-state index >= 15 is 0 Å². The van der Waals surface area contributed by atoms with E-state index in [1.165, 1.54) is 31.3 Å². The minimum atomic E-state index is 0.620. The van der Waals surface area contributed by atoms with Gasteiger partial charge in [0.05, 0.1) is 0 Å². The van der Waals surface area contributed by atoms with Gasteiger partial charge in [0.15, 0.2) is 17.5 Å². The highest BCUT2D eigenvalue weighted by atomic mass is 32.1. The average Bonchev–Trinajstić information content (AvgIpc) is 3.86. The first-order valence-corrected chi connectivity index (χ1v) is 19.5. The number of aromatic nitrogens is 3.